The van der Waals surface area contributed by atoms with Crippen molar-refractivity contribution >= 4 is 36.0 Å². The van der Waals surface area contributed by atoms with Gasteiger partial charge in [0.25, 0.3) is 0 Å². The first-order chi connectivity index (χ1) is 37.6. The predicted octanol–water partition coefficient (Wildman–Crippen LogP) is 17.0. The molecule has 0 amide bonds. The van der Waals surface area contributed by atoms with Gasteiger partial charge in [-0.15, -0.1) is 0 Å². The van der Waals surface area contributed by atoms with Gasteiger partial charge in [-0.2, -0.15) is 0 Å². The molecule has 0 aliphatic carbocycles. The van der Waals surface area contributed by atoms with Gasteiger partial charge in [0.05, 0.1) is 14.2 Å². The first-order valence-electron chi connectivity index (χ1n) is 29.4. The van der Waals surface area contributed by atoms with Crippen molar-refractivity contribution in [3.8, 4) is 11.5 Å². The van der Waals surface area contributed by atoms with E-state index in [0.717, 1.165) is 56.7 Å². The van der Waals surface area contributed by atoms with Crippen LogP contribution in [-0.4, -0.2) is 60.5 Å². The maximum atomic E-state index is 13.5. The Hall–Kier alpha value is -6.16. The summed E-state index contributed by atoms with van der Waals surface area (Å²) in [5.74, 6) is -0.0392. The maximum Gasteiger partial charge on any atom is 0.331 e. The molecule has 0 spiro atoms. The van der Waals surface area contributed by atoms with Crippen molar-refractivity contribution in [1.82, 2.24) is 0 Å². The molecule has 10 heteroatoms. The largest absolute Gasteiger partial charge is 0.496 e. The monoisotopic (exact) mass is 1130 g/mol. The van der Waals surface area contributed by atoms with E-state index in [1.165, 1.54) is 12.2 Å². The van der Waals surface area contributed by atoms with Crippen LogP contribution in [0.25, 0.3) is 12.2 Å². The van der Waals surface area contributed by atoms with Crippen molar-refractivity contribution in [2.24, 2.45) is 10.8 Å². The van der Waals surface area contributed by atoms with Gasteiger partial charge in [-0.25, -0.2) is 9.59 Å². The van der Waals surface area contributed by atoms with E-state index in [1.54, 1.807) is 26.4 Å². The van der Waals surface area contributed by atoms with E-state index in [-0.39, 0.29) is 34.6 Å². The van der Waals surface area contributed by atoms with Crippen LogP contribution in [0, 0.1) is 10.8 Å². The third-order valence-electron chi connectivity index (χ3n) is 19.7. The van der Waals surface area contributed by atoms with Crippen molar-refractivity contribution in [1.29, 1.82) is 0 Å². The van der Waals surface area contributed by atoms with Crippen LogP contribution in [0.2, 0.25) is 0 Å². The molecule has 0 aliphatic rings. The van der Waals surface area contributed by atoms with Crippen LogP contribution in [0.5, 0.6) is 11.5 Å². The van der Waals surface area contributed by atoms with E-state index in [4.69, 9.17) is 28.4 Å². The summed E-state index contributed by atoms with van der Waals surface area (Å²) in [5.41, 5.74) is 2.20. The van der Waals surface area contributed by atoms with E-state index in [2.05, 4.69) is 101 Å². The Kier molecular flexibility index (Phi) is 21.5. The highest BCUT2D eigenvalue weighted by Crippen LogP contribution is 2.47. The highest BCUT2D eigenvalue weighted by molar-refractivity contribution is 5.88. The van der Waals surface area contributed by atoms with Gasteiger partial charge in [0.2, 0.25) is 0 Å². The zero-order valence-electron chi connectivity index (χ0n) is 54.7. The molecule has 0 saturated heterocycles. The standard InChI is InChI=1S/C72H102O10/c1-25-71(21,64(6,7)8)81-61(75)44-34-49-27-37-53(38-28-49)65(9,10)69(17,18)79-60(74)45-35-52-32-42-56(58(48-52)78-24)68(15,16)70(19,20)80-59(73)43-33-50-29-39-54(40-30-50)66(11,12)72(22,26-2)82-62(76)46-36-51-31-41-55(57(47-51)77-23)67(13,14)63(3,4)5/h27-33,36-43,46-48H,25-26,34-35,44-45H2,1-24H3/b43-33+,46-36+. The Morgan fingerprint density at radius 1 is 0.402 bits per heavy atom. The van der Waals surface area contributed by atoms with E-state index < -0.39 is 50.6 Å². The molecule has 0 bridgehead atoms. The second-order valence-corrected chi connectivity index (χ2v) is 28.0. The molecule has 2 atom stereocenters. The Labute approximate surface area is 494 Å². The van der Waals surface area contributed by atoms with Crippen molar-refractivity contribution in [3.63, 3.8) is 0 Å². The fraction of sp³-hybridized carbons (Fsp3) is 0.556. The van der Waals surface area contributed by atoms with Gasteiger partial charge in [0.15, 0.2) is 0 Å². The lowest BCUT2D eigenvalue weighted by Gasteiger charge is -2.43. The number of methoxy groups -OCH3 is 2. The molecular weight excluding hydrogens is 1020 g/mol. The van der Waals surface area contributed by atoms with E-state index in [1.807, 2.05) is 136 Å². The quantitative estimate of drug-likeness (QED) is 0.0360. The van der Waals surface area contributed by atoms with Gasteiger partial charge in [-0.3, -0.25) is 9.59 Å². The molecule has 2 unspecified atom stereocenters. The number of hydrogen-bond acceptors (Lipinski definition) is 10. The van der Waals surface area contributed by atoms with Gasteiger partial charge < -0.3 is 28.4 Å². The molecule has 0 fully saturated rings. The molecule has 0 heterocycles. The summed E-state index contributed by atoms with van der Waals surface area (Å²) < 4.78 is 36.4. The van der Waals surface area contributed by atoms with Crippen LogP contribution in [0.15, 0.2) is 97.1 Å². The normalized spacial score (nSPS) is 14.7. The lowest BCUT2D eigenvalue weighted by atomic mass is 9.65. The first-order valence-corrected chi connectivity index (χ1v) is 29.4. The Morgan fingerprint density at radius 3 is 1.33 bits per heavy atom. The summed E-state index contributed by atoms with van der Waals surface area (Å²) in [6.07, 6.45) is 9.20. The van der Waals surface area contributed by atoms with Crippen LogP contribution in [-0.2, 0) is 72.6 Å². The number of aryl methyl sites for hydroxylation is 2. The number of ether oxygens (including phenoxy) is 6. The molecule has 450 valence electrons. The molecule has 0 aromatic heterocycles. The zero-order chi connectivity index (χ0) is 62.3. The second-order valence-electron chi connectivity index (χ2n) is 28.0. The molecule has 0 aliphatic heterocycles. The third-order valence-corrected chi connectivity index (χ3v) is 19.7. The fourth-order valence-corrected chi connectivity index (χ4v) is 9.87. The van der Waals surface area contributed by atoms with Crippen LogP contribution in [0.3, 0.4) is 0 Å². The molecule has 0 N–H and O–H groups in total. The Balaban J connectivity index is 1.36. The molecule has 4 aromatic carbocycles. The summed E-state index contributed by atoms with van der Waals surface area (Å²) in [6, 6.07) is 28.0. The molecule has 4 aromatic rings. The summed E-state index contributed by atoms with van der Waals surface area (Å²) in [5, 5.41) is 0. The van der Waals surface area contributed by atoms with Gasteiger partial charge in [0.1, 0.15) is 33.9 Å². The smallest absolute Gasteiger partial charge is 0.331 e. The van der Waals surface area contributed by atoms with Crippen molar-refractivity contribution < 1.29 is 47.6 Å². The van der Waals surface area contributed by atoms with E-state index in [9.17, 15) is 19.2 Å². The fourth-order valence-electron chi connectivity index (χ4n) is 9.87. The third kappa shape index (κ3) is 15.5. The zero-order valence-corrected chi connectivity index (χ0v) is 54.7. The number of rotatable bonds is 25. The minimum absolute atomic E-state index is 0.00190. The van der Waals surface area contributed by atoms with Gasteiger partial charge in [-0.1, -0.05) is 184 Å². The topological polar surface area (TPSA) is 124 Å². The summed E-state index contributed by atoms with van der Waals surface area (Å²) >= 11 is 0. The molecular formula is C72H102O10. The maximum absolute atomic E-state index is 13.5. The minimum atomic E-state index is -0.978. The lowest BCUT2D eigenvalue weighted by Crippen LogP contribution is -2.48. The predicted molar refractivity (Wildman–Crippen MR) is 335 cm³/mol. The molecule has 0 radical (unpaired) electrons. The lowest BCUT2D eigenvalue weighted by molar-refractivity contribution is -0.171. The average molecular weight is 1130 g/mol. The summed E-state index contributed by atoms with van der Waals surface area (Å²) in [6.45, 7) is 45.4. The van der Waals surface area contributed by atoms with Crippen LogP contribution >= 0.6 is 0 Å². The molecule has 0 saturated carbocycles. The van der Waals surface area contributed by atoms with Crippen LogP contribution < -0.4 is 9.47 Å². The second kappa shape index (κ2) is 25.8. The highest BCUT2D eigenvalue weighted by Gasteiger charge is 2.46. The van der Waals surface area contributed by atoms with Crippen molar-refractivity contribution in [3.05, 3.63) is 142 Å². The summed E-state index contributed by atoms with van der Waals surface area (Å²) in [7, 11) is 3.29. The number of hydrogen-bond donors (Lipinski definition) is 0. The van der Waals surface area contributed by atoms with Crippen molar-refractivity contribution in [2.45, 2.75) is 235 Å². The molecule has 4 rings (SSSR count). The van der Waals surface area contributed by atoms with E-state index in [0.29, 0.717) is 31.4 Å². The Morgan fingerprint density at radius 2 is 0.817 bits per heavy atom. The van der Waals surface area contributed by atoms with Gasteiger partial charge in [0, 0.05) is 57.8 Å². The van der Waals surface area contributed by atoms with Crippen LogP contribution in [0.1, 0.15) is 223 Å². The SMILES string of the molecule is CCC(C)(OC(=O)CCc1ccc(C(C)(C)C(C)(C)OC(=O)CCc2ccc(C(C)(C)C(C)(C)OC(=O)/C=C/c3ccc(C(C)(C)C(C)(CC)OC(=O)/C=C/c4ccc(C(C)(C)C(C)(C)C)c(OC)c4)cc3)c(OC)c2)cc1)C(C)(C)C. The average Bonchev–Trinajstić information content (AvgIpc) is 3.47. The van der Waals surface area contributed by atoms with Gasteiger partial charge >= 0.3 is 23.9 Å². The number of esters is 4. The number of benzene rings is 4. The van der Waals surface area contributed by atoms with Crippen LogP contribution in [0.4, 0.5) is 0 Å². The van der Waals surface area contributed by atoms with Crippen molar-refractivity contribution in [2.75, 3.05) is 14.2 Å². The molecule has 82 heavy (non-hydrogen) atoms. The Bertz CT molecular complexity index is 2910. The minimum Gasteiger partial charge on any atom is -0.496 e. The highest BCUT2D eigenvalue weighted by atomic mass is 16.6. The van der Waals surface area contributed by atoms with E-state index >= 15 is 0 Å². The van der Waals surface area contributed by atoms with Gasteiger partial charge in [-0.05, 0) is 136 Å². The summed E-state index contributed by atoms with van der Waals surface area (Å²) in [4.78, 5) is 53.4. The number of carbonyl (C=O) groups excluding carboxylic acids is 4. The molecule has 10 nitrogen and oxygen atoms in total. The number of carbonyl (C=O) groups is 4. The first kappa shape index (κ1) is 68.3.